The van der Waals surface area contributed by atoms with Crippen LogP contribution in [0.1, 0.15) is 103 Å². The van der Waals surface area contributed by atoms with Crippen LogP contribution in [0.3, 0.4) is 0 Å². The molecule has 1 heterocycles. The number of amides is 3. The minimum atomic E-state index is -2.75. The van der Waals surface area contributed by atoms with Crippen molar-refractivity contribution in [3.05, 3.63) is 35.9 Å². The van der Waals surface area contributed by atoms with Gasteiger partial charge in [0.05, 0.1) is 0 Å². The zero-order valence-corrected chi connectivity index (χ0v) is 29.7. The van der Waals surface area contributed by atoms with Gasteiger partial charge in [-0.15, -0.1) is 9.05 Å². The third-order valence-electron chi connectivity index (χ3n) is 8.66. The van der Waals surface area contributed by atoms with Gasteiger partial charge in [-0.2, -0.15) is 0 Å². The largest absolute Gasteiger partial charge is 0.698 e. The van der Waals surface area contributed by atoms with Crippen LogP contribution in [0.2, 0.25) is 0 Å². The molecule has 1 saturated carbocycles. The van der Waals surface area contributed by atoms with E-state index in [1.807, 2.05) is 44.2 Å². The van der Waals surface area contributed by atoms with Crippen LogP contribution >= 0.6 is 8.25 Å². The van der Waals surface area contributed by atoms with Gasteiger partial charge >= 0.3 is 26.3 Å². The average Bonchev–Trinajstić information content (AvgIpc) is 3.60. The molecule has 3 amide bonds. The molecule has 14 nitrogen and oxygen atoms in total. The van der Waals surface area contributed by atoms with Crippen molar-refractivity contribution in [3.63, 3.8) is 0 Å². The molecular weight excluding hydrogens is 655 g/mol. The van der Waals surface area contributed by atoms with Crippen molar-refractivity contribution in [2.75, 3.05) is 13.2 Å². The van der Waals surface area contributed by atoms with E-state index >= 15 is 0 Å². The Hall–Kier alpha value is -3.45. The van der Waals surface area contributed by atoms with Crippen molar-refractivity contribution >= 4 is 38.1 Å². The van der Waals surface area contributed by atoms with E-state index in [1.165, 1.54) is 6.92 Å². The second-order valence-corrected chi connectivity index (χ2v) is 13.5. The van der Waals surface area contributed by atoms with E-state index < -0.39 is 56.0 Å². The summed E-state index contributed by atoms with van der Waals surface area (Å²) in [5, 5.41) is 11.5. The Balaban J connectivity index is 1.63. The van der Waals surface area contributed by atoms with Crippen molar-refractivity contribution in [3.8, 4) is 0 Å². The normalized spacial score (nSPS) is 18.6. The molecule has 2 aliphatic rings. The summed E-state index contributed by atoms with van der Waals surface area (Å²) in [7, 11) is -2.75. The number of carbonyl (C=O) groups is 5. The molecule has 15 heteroatoms. The van der Waals surface area contributed by atoms with E-state index in [0.29, 0.717) is 45.1 Å². The fraction of sp³-hybridized carbons (Fsp3) is 0.676. The van der Waals surface area contributed by atoms with E-state index in [9.17, 15) is 28.5 Å². The second kappa shape index (κ2) is 20.9. The molecule has 1 aliphatic carbocycles. The molecule has 0 spiro atoms. The molecule has 0 aromatic heterocycles. The summed E-state index contributed by atoms with van der Waals surface area (Å²) >= 11 is 0. The van der Waals surface area contributed by atoms with Gasteiger partial charge in [-0.3, -0.25) is 14.9 Å². The van der Waals surface area contributed by atoms with E-state index in [0.717, 1.165) is 31.2 Å². The Morgan fingerprint density at radius 1 is 0.980 bits per heavy atom. The summed E-state index contributed by atoms with van der Waals surface area (Å²) in [5.74, 6) is -2.82. The van der Waals surface area contributed by atoms with Gasteiger partial charge in [0.25, 0.3) is 5.91 Å². The lowest BCUT2D eigenvalue weighted by Crippen LogP contribution is -2.70. The highest BCUT2D eigenvalue weighted by Gasteiger charge is 2.44. The molecule has 4 N–H and O–H groups in total. The molecule has 1 aromatic rings. The predicted molar refractivity (Wildman–Crippen MR) is 180 cm³/mol. The highest BCUT2D eigenvalue weighted by molar-refractivity contribution is 7.33. The summed E-state index contributed by atoms with van der Waals surface area (Å²) in [6.45, 7) is 5.80. The Kier molecular flexibility index (Phi) is 17.1. The van der Waals surface area contributed by atoms with Crippen LogP contribution in [0.5, 0.6) is 0 Å². The zero-order chi connectivity index (χ0) is 35.6. The van der Waals surface area contributed by atoms with Gasteiger partial charge in [-0.25, -0.2) is 14.4 Å². The van der Waals surface area contributed by atoms with Crippen LogP contribution in [-0.4, -0.2) is 66.8 Å². The average molecular weight is 708 g/mol. The molecule has 4 unspecified atom stereocenters. The lowest BCUT2D eigenvalue weighted by molar-refractivity contribution is -0.165. The first-order valence-electron chi connectivity index (χ1n) is 17.4. The quantitative estimate of drug-likeness (QED) is 0.0601. The predicted octanol–water partition coefficient (Wildman–Crippen LogP) is 4.68. The van der Waals surface area contributed by atoms with Crippen molar-refractivity contribution < 1.29 is 47.1 Å². The van der Waals surface area contributed by atoms with E-state index in [4.69, 9.17) is 18.5 Å². The number of carbonyl (C=O) groups excluding carboxylic acids is 5. The van der Waals surface area contributed by atoms with Crippen molar-refractivity contribution in [2.24, 2.45) is 5.92 Å². The first kappa shape index (κ1) is 40.0. The molecule has 5 atom stereocenters. The molecule has 272 valence electrons. The van der Waals surface area contributed by atoms with Gasteiger partial charge in [0.1, 0.15) is 19.3 Å². The fourth-order valence-electron chi connectivity index (χ4n) is 5.40. The highest BCUT2D eigenvalue weighted by Crippen LogP contribution is 2.29. The van der Waals surface area contributed by atoms with E-state index in [-0.39, 0.29) is 37.9 Å². The van der Waals surface area contributed by atoms with Crippen LogP contribution in [0.25, 0.3) is 0 Å². The van der Waals surface area contributed by atoms with E-state index in [1.54, 1.807) is 0 Å². The maximum Gasteiger partial charge on any atom is 0.698 e. The number of hydrogen-bond donors (Lipinski definition) is 4. The number of nitrogens with one attached hydrogen (secondary N) is 4. The van der Waals surface area contributed by atoms with Crippen LogP contribution in [0.15, 0.2) is 30.3 Å². The maximum absolute atomic E-state index is 14.1. The van der Waals surface area contributed by atoms with Crippen molar-refractivity contribution in [2.45, 2.75) is 128 Å². The van der Waals surface area contributed by atoms with Crippen molar-refractivity contribution in [1.29, 1.82) is 0 Å². The smallest absolute Gasteiger partial charge is 0.445 e. The molecule has 0 bridgehead atoms. The number of benzene rings is 1. The van der Waals surface area contributed by atoms with Crippen LogP contribution in [0, 0.1) is 5.92 Å². The highest BCUT2D eigenvalue weighted by atomic mass is 31.1. The first-order valence-corrected chi connectivity index (χ1v) is 18.5. The van der Waals surface area contributed by atoms with Gasteiger partial charge in [0, 0.05) is 16.5 Å². The number of hydrogen-bond acceptors (Lipinski definition) is 11. The number of esters is 2. The number of unbranched alkanes of at least 4 members (excludes halogenated alkanes) is 2. The second-order valence-electron chi connectivity index (χ2n) is 12.6. The zero-order valence-electron chi connectivity index (χ0n) is 28.8. The Morgan fingerprint density at radius 2 is 1.71 bits per heavy atom. The van der Waals surface area contributed by atoms with Gasteiger partial charge in [-0.1, -0.05) is 69.9 Å². The summed E-state index contributed by atoms with van der Waals surface area (Å²) in [4.78, 5) is 64.8. The molecular formula is C34H52N4O10P+. The molecule has 1 aromatic carbocycles. The summed E-state index contributed by atoms with van der Waals surface area (Å²) in [6.07, 6.45) is 5.26. The fourth-order valence-corrected chi connectivity index (χ4v) is 6.06. The summed E-state index contributed by atoms with van der Waals surface area (Å²) in [6, 6.07) is 8.08. The minimum absolute atomic E-state index is 0.0180. The van der Waals surface area contributed by atoms with Gasteiger partial charge in [0.15, 0.2) is 5.66 Å². The standard InChI is InChI=1S/C34H51N4O10P/c1-4-6-17-27(19-22-46-49(44)48-24(3)30(40)47-31(41)28-18-12-21-35-28)36-32(42)34(20-7-5-2,37-29(39)26-15-11-16-26)38-33(43)45-23-25-13-9-8-10-14-25/h8-10,13-14,24,26-28,35H,4-7,11-12,15-23H2,1-3H3,(H2-,36,37,38,39,42,43)/p+1/t24?,27?,28-,34?/m0/s1. The Labute approximate surface area is 289 Å². The monoisotopic (exact) mass is 707 g/mol. The number of alkyl carbamates (subject to hydrolysis) is 1. The molecule has 49 heavy (non-hydrogen) atoms. The molecule has 2 fully saturated rings. The summed E-state index contributed by atoms with van der Waals surface area (Å²) in [5.41, 5.74) is -1.00. The topological polar surface area (TPSA) is 187 Å². The van der Waals surface area contributed by atoms with Gasteiger partial charge in [0.2, 0.25) is 12.0 Å². The van der Waals surface area contributed by atoms with Crippen molar-refractivity contribution in [1.82, 2.24) is 21.3 Å². The Morgan fingerprint density at radius 3 is 2.35 bits per heavy atom. The van der Waals surface area contributed by atoms with Crippen LogP contribution in [-0.2, 0) is 48.9 Å². The minimum Gasteiger partial charge on any atom is -0.445 e. The molecule has 1 aliphatic heterocycles. The summed E-state index contributed by atoms with van der Waals surface area (Å²) < 4.78 is 33.3. The lowest BCUT2D eigenvalue weighted by Gasteiger charge is -2.37. The first-order chi connectivity index (χ1) is 23.6. The van der Waals surface area contributed by atoms with E-state index in [2.05, 4.69) is 21.3 Å². The molecule has 3 rings (SSSR count). The maximum atomic E-state index is 14.1. The third kappa shape index (κ3) is 13.4. The lowest BCUT2D eigenvalue weighted by atomic mass is 9.84. The molecule has 1 saturated heterocycles. The Bertz CT molecular complexity index is 1260. The SMILES string of the molecule is CCCCC(CCO[P+](=O)OC(C)C(=O)OC(=O)[C@@H]1CCCN1)NC(=O)C(CCCC)(NC(=O)OCc1ccccc1)NC(=O)C1CCC1. The third-order valence-corrected chi connectivity index (χ3v) is 9.54. The number of rotatable bonds is 21. The van der Waals surface area contributed by atoms with Crippen LogP contribution < -0.4 is 21.3 Å². The van der Waals surface area contributed by atoms with Gasteiger partial charge in [-0.05, 0) is 70.4 Å². The van der Waals surface area contributed by atoms with Crippen LogP contribution in [0.4, 0.5) is 4.79 Å². The number of ether oxygens (including phenoxy) is 2. The van der Waals surface area contributed by atoms with Gasteiger partial charge < -0.3 is 25.4 Å². The molecule has 0 radical (unpaired) electrons.